The summed E-state index contributed by atoms with van der Waals surface area (Å²) in [6.07, 6.45) is -0.992. The van der Waals surface area contributed by atoms with Crippen molar-refractivity contribution in [2.24, 2.45) is 5.92 Å². The SMILES string of the molecule is CCOC(=O)CNC(=O)Nc1ccc([C@H]2O[C@@H](CSc3nnc(C)s3)[C@@H](C)[C@@H](c3ccc(CO)cc3)O2)cc1. The molecule has 0 radical (unpaired) electrons. The number of benzene rings is 2. The van der Waals surface area contributed by atoms with Gasteiger partial charge in [0.25, 0.3) is 0 Å². The number of aliphatic hydroxyl groups is 1. The summed E-state index contributed by atoms with van der Waals surface area (Å²) in [6, 6.07) is 14.4. The topological polar surface area (TPSA) is 132 Å². The van der Waals surface area contributed by atoms with Gasteiger partial charge in [-0.25, -0.2) is 4.79 Å². The Labute approximate surface area is 235 Å². The summed E-state index contributed by atoms with van der Waals surface area (Å²) in [4.78, 5) is 23.6. The fraction of sp³-hybridized carbons (Fsp3) is 0.407. The lowest BCUT2D eigenvalue weighted by molar-refractivity contribution is -0.268. The van der Waals surface area contributed by atoms with Crippen molar-refractivity contribution in [1.82, 2.24) is 15.5 Å². The van der Waals surface area contributed by atoms with Gasteiger partial charge in [0.1, 0.15) is 11.6 Å². The van der Waals surface area contributed by atoms with Crippen molar-refractivity contribution in [2.75, 3.05) is 24.2 Å². The number of hydrogen-bond acceptors (Lipinski definition) is 10. The van der Waals surface area contributed by atoms with Gasteiger partial charge in [0.2, 0.25) is 0 Å². The standard InChI is InChI=1S/C27H32N4O6S2/c1-4-35-23(33)13-28-26(34)29-21-11-9-20(10-12-21)25-36-22(15-38-27-31-30-17(3)39-27)16(2)24(37-25)19-7-5-18(14-32)6-8-19/h5-12,16,22,24-25,32H,4,13-15H2,1-3H3,(H2,28,29,34)/t16-,22+,24+,25+/m1/s1. The van der Waals surface area contributed by atoms with E-state index < -0.39 is 18.3 Å². The second-order valence-electron chi connectivity index (χ2n) is 8.95. The van der Waals surface area contributed by atoms with Crippen LogP contribution in [0.15, 0.2) is 52.9 Å². The van der Waals surface area contributed by atoms with Crippen LogP contribution in [0.2, 0.25) is 0 Å². The highest BCUT2D eigenvalue weighted by atomic mass is 32.2. The first kappa shape index (κ1) is 29.0. The number of thioether (sulfide) groups is 1. The molecule has 0 bridgehead atoms. The molecule has 2 amide bonds. The lowest BCUT2D eigenvalue weighted by Crippen LogP contribution is -2.38. The molecule has 3 aromatic rings. The van der Waals surface area contributed by atoms with Gasteiger partial charge in [-0.3, -0.25) is 4.79 Å². The predicted molar refractivity (Wildman–Crippen MR) is 148 cm³/mol. The van der Waals surface area contributed by atoms with E-state index in [2.05, 4.69) is 27.8 Å². The number of ether oxygens (including phenoxy) is 3. The van der Waals surface area contributed by atoms with Crippen LogP contribution in [0.1, 0.15) is 47.9 Å². The van der Waals surface area contributed by atoms with Crippen LogP contribution in [-0.4, -0.2) is 52.3 Å². The highest BCUT2D eigenvalue weighted by molar-refractivity contribution is 8.01. The maximum atomic E-state index is 12.1. The zero-order valence-electron chi connectivity index (χ0n) is 22.0. The maximum absolute atomic E-state index is 12.1. The van der Waals surface area contributed by atoms with Crippen LogP contribution in [0, 0.1) is 12.8 Å². The van der Waals surface area contributed by atoms with E-state index in [1.807, 2.05) is 43.3 Å². The average molecular weight is 573 g/mol. The van der Waals surface area contributed by atoms with Gasteiger partial charge in [-0.15, -0.1) is 10.2 Å². The molecule has 4 atom stereocenters. The summed E-state index contributed by atoms with van der Waals surface area (Å²) in [7, 11) is 0. The molecular formula is C27H32N4O6S2. The van der Waals surface area contributed by atoms with E-state index >= 15 is 0 Å². The number of aryl methyl sites for hydroxylation is 1. The Hall–Kier alpha value is -3.03. The van der Waals surface area contributed by atoms with Crippen LogP contribution in [0.25, 0.3) is 0 Å². The Morgan fingerprint density at radius 2 is 1.79 bits per heavy atom. The molecule has 0 aliphatic carbocycles. The summed E-state index contributed by atoms with van der Waals surface area (Å²) in [6.45, 7) is 5.77. The number of esters is 1. The number of rotatable bonds is 10. The molecule has 1 saturated heterocycles. The van der Waals surface area contributed by atoms with E-state index in [4.69, 9.17) is 14.2 Å². The third kappa shape index (κ3) is 7.99. The molecule has 12 heteroatoms. The fourth-order valence-corrected chi connectivity index (χ4v) is 6.07. The van der Waals surface area contributed by atoms with Gasteiger partial charge in [-0.1, -0.05) is 66.4 Å². The lowest BCUT2D eigenvalue weighted by Gasteiger charge is -2.41. The molecule has 1 aliphatic heterocycles. The molecule has 0 saturated carbocycles. The highest BCUT2D eigenvalue weighted by Gasteiger charge is 2.38. The summed E-state index contributed by atoms with van der Waals surface area (Å²) >= 11 is 3.17. The van der Waals surface area contributed by atoms with Crippen LogP contribution in [0.5, 0.6) is 0 Å². The van der Waals surface area contributed by atoms with E-state index in [-0.39, 0.29) is 37.9 Å². The van der Waals surface area contributed by atoms with Gasteiger partial charge in [0.05, 0.1) is 25.4 Å². The monoisotopic (exact) mass is 572 g/mol. The number of nitrogens with one attached hydrogen (secondary N) is 2. The van der Waals surface area contributed by atoms with Gasteiger partial charge in [-0.05, 0) is 37.1 Å². The number of urea groups is 1. The number of nitrogens with zero attached hydrogens (tertiary/aromatic N) is 2. The Morgan fingerprint density at radius 3 is 2.44 bits per heavy atom. The first-order valence-corrected chi connectivity index (χ1v) is 14.4. The second-order valence-corrected chi connectivity index (χ2v) is 11.4. The van der Waals surface area contributed by atoms with Crippen molar-refractivity contribution in [3.63, 3.8) is 0 Å². The third-order valence-corrected chi connectivity index (χ3v) is 8.20. The molecule has 208 valence electrons. The molecule has 3 N–H and O–H groups in total. The molecule has 1 fully saturated rings. The smallest absolute Gasteiger partial charge is 0.325 e. The number of aromatic nitrogens is 2. The van der Waals surface area contributed by atoms with E-state index in [0.717, 1.165) is 26.0 Å². The van der Waals surface area contributed by atoms with Crippen molar-refractivity contribution in [3.05, 3.63) is 70.2 Å². The summed E-state index contributed by atoms with van der Waals surface area (Å²) in [5, 5.41) is 23.8. The Morgan fingerprint density at radius 1 is 1.08 bits per heavy atom. The minimum Gasteiger partial charge on any atom is -0.465 e. The zero-order valence-corrected chi connectivity index (χ0v) is 23.6. The van der Waals surface area contributed by atoms with Gasteiger partial charge >= 0.3 is 12.0 Å². The van der Waals surface area contributed by atoms with Crippen LogP contribution >= 0.6 is 23.1 Å². The van der Waals surface area contributed by atoms with Gasteiger partial charge in [-0.2, -0.15) is 0 Å². The summed E-state index contributed by atoms with van der Waals surface area (Å²) in [5.74, 6) is 0.228. The van der Waals surface area contributed by atoms with Crippen LogP contribution in [-0.2, 0) is 25.6 Å². The van der Waals surface area contributed by atoms with E-state index in [9.17, 15) is 14.7 Å². The van der Waals surface area contributed by atoms with Crippen molar-refractivity contribution in [1.29, 1.82) is 0 Å². The number of aliphatic hydroxyl groups excluding tert-OH is 1. The van der Waals surface area contributed by atoms with E-state index in [0.29, 0.717) is 11.4 Å². The van der Waals surface area contributed by atoms with Crippen molar-refractivity contribution < 1.29 is 28.9 Å². The maximum Gasteiger partial charge on any atom is 0.325 e. The molecule has 2 heterocycles. The van der Waals surface area contributed by atoms with Crippen LogP contribution < -0.4 is 10.6 Å². The number of amides is 2. The molecular weight excluding hydrogens is 540 g/mol. The highest BCUT2D eigenvalue weighted by Crippen LogP contribution is 2.43. The molecule has 0 spiro atoms. The number of hydrogen-bond donors (Lipinski definition) is 3. The second kappa shape index (κ2) is 13.9. The first-order valence-electron chi connectivity index (χ1n) is 12.6. The van der Waals surface area contributed by atoms with E-state index in [1.54, 1.807) is 42.2 Å². The van der Waals surface area contributed by atoms with Gasteiger partial charge in [0.15, 0.2) is 10.6 Å². The van der Waals surface area contributed by atoms with E-state index in [1.165, 1.54) is 0 Å². The first-order chi connectivity index (χ1) is 18.9. The normalized spacial score (nSPS) is 20.8. The molecule has 4 rings (SSSR count). The minimum atomic E-state index is -0.628. The quantitative estimate of drug-likeness (QED) is 0.235. The molecule has 39 heavy (non-hydrogen) atoms. The van der Waals surface area contributed by atoms with Crippen molar-refractivity contribution in [3.8, 4) is 0 Å². The van der Waals surface area contributed by atoms with Gasteiger partial charge < -0.3 is 30.0 Å². The molecule has 0 unspecified atom stereocenters. The Kier molecular flexibility index (Phi) is 10.3. The largest absolute Gasteiger partial charge is 0.465 e. The van der Waals surface area contributed by atoms with Crippen molar-refractivity contribution in [2.45, 2.75) is 50.2 Å². The minimum absolute atomic E-state index is 0.0190. The van der Waals surface area contributed by atoms with Crippen LogP contribution in [0.3, 0.4) is 0 Å². The van der Waals surface area contributed by atoms with Gasteiger partial charge in [0, 0.05) is 22.9 Å². The summed E-state index contributed by atoms with van der Waals surface area (Å²) < 4.78 is 18.6. The fourth-order valence-electron chi connectivity index (χ4n) is 4.06. The Bertz CT molecular complexity index is 1240. The molecule has 2 aromatic carbocycles. The third-order valence-electron chi connectivity index (χ3n) is 6.14. The number of anilines is 1. The molecule has 10 nitrogen and oxygen atoms in total. The van der Waals surface area contributed by atoms with Crippen LogP contribution in [0.4, 0.5) is 10.5 Å². The average Bonchev–Trinajstić information content (AvgIpc) is 3.37. The predicted octanol–water partition coefficient (Wildman–Crippen LogP) is 4.61. The molecule has 1 aliphatic rings. The number of carbonyl (C=O) groups excluding carboxylic acids is 2. The summed E-state index contributed by atoms with van der Waals surface area (Å²) in [5.41, 5.74) is 3.20. The zero-order chi connectivity index (χ0) is 27.8. The molecule has 1 aromatic heterocycles. The van der Waals surface area contributed by atoms with Crippen molar-refractivity contribution >= 4 is 40.8 Å². The lowest BCUT2D eigenvalue weighted by atomic mass is 9.91. The Balaban J connectivity index is 1.46. The number of carbonyl (C=O) groups is 2.